The molecule has 1 saturated heterocycles. The van der Waals surface area contributed by atoms with Crippen LogP contribution < -0.4 is 0 Å². The first-order valence-electron chi connectivity index (χ1n) is 8.56. The quantitative estimate of drug-likeness (QED) is 0.908. The molecule has 2 aliphatic heterocycles. The number of likely N-dealkylation sites (tertiary alicyclic amines) is 1. The summed E-state index contributed by atoms with van der Waals surface area (Å²) < 4.78 is 28.3. The van der Waals surface area contributed by atoms with E-state index in [9.17, 15) is 18.4 Å². The standard InChI is InChI=1S/C18H17F2N3O2/c19-12-6-21-13-3-2-10-7-23(16(24)14(10)15(12)13)11-8-22(9-11)17(25)18(20)4-1-5-18/h2-3,6,11,21H,1,4-5,7-9H2. The molecule has 0 spiro atoms. The third-order valence-corrected chi connectivity index (χ3v) is 5.82. The highest BCUT2D eigenvalue weighted by Gasteiger charge is 2.51. The van der Waals surface area contributed by atoms with Gasteiger partial charge in [0.05, 0.1) is 11.6 Å². The molecule has 2 fully saturated rings. The number of carbonyl (C=O) groups is 2. The van der Waals surface area contributed by atoms with Crippen molar-refractivity contribution in [3.63, 3.8) is 0 Å². The summed E-state index contributed by atoms with van der Waals surface area (Å²) in [5.41, 5.74) is 0.105. The summed E-state index contributed by atoms with van der Waals surface area (Å²) in [5.74, 6) is -1.09. The number of aromatic amines is 1. The van der Waals surface area contributed by atoms with E-state index in [1.165, 1.54) is 11.1 Å². The van der Waals surface area contributed by atoms with Crippen molar-refractivity contribution in [1.82, 2.24) is 14.8 Å². The normalized spacial score (nSPS) is 22.1. The van der Waals surface area contributed by atoms with Gasteiger partial charge in [0.25, 0.3) is 11.8 Å². The number of hydrogen-bond acceptors (Lipinski definition) is 2. The second-order valence-corrected chi connectivity index (χ2v) is 7.27. The molecule has 25 heavy (non-hydrogen) atoms. The van der Waals surface area contributed by atoms with Gasteiger partial charge in [-0.25, -0.2) is 8.78 Å². The van der Waals surface area contributed by atoms with Gasteiger partial charge in [-0.15, -0.1) is 0 Å². The van der Waals surface area contributed by atoms with Crippen molar-refractivity contribution in [2.24, 2.45) is 0 Å². The molecule has 2 aromatic rings. The van der Waals surface area contributed by atoms with Crippen molar-refractivity contribution in [3.05, 3.63) is 35.3 Å². The van der Waals surface area contributed by atoms with Gasteiger partial charge in [-0.1, -0.05) is 6.07 Å². The lowest BCUT2D eigenvalue weighted by molar-refractivity contribution is -0.157. The Hall–Kier alpha value is -2.44. The summed E-state index contributed by atoms with van der Waals surface area (Å²) in [4.78, 5) is 31.0. The molecule has 5 nitrogen and oxygen atoms in total. The van der Waals surface area contributed by atoms with Gasteiger partial charge >= 0.3 is 0 Å². The van der Waals surface area contributed by atoms with E-state index in [0.717, 1.165) is 12.0 Å². The molecule has 1 N–H and O–H groups in total. The zero-order chi connectivity index (χ0) is 17.3. The lowest BCUT2D eigenvalue weighted by atomic mass is 9.80. The largest absolute Gasteiger partial charge is 0.359 e. The van der Waals surface area contributed by atoms with Gasteiger partial charge in [0, 0.05) is 36.7 Å². The molecule has 130 valence electrons. The predicted molar refractivity (Wildman–Crippen MR) is 86.2 cm³/mol. The second kappa shape index (κ2) is 4.80. The lowest BCUT2D eigenvalue weighted by Gasteiger charge is -2.47. The summed E-state index contributed by atoms with van der Waals surface area (Å²) in [6.07, 6.45) is 2.60. The van der Waals surface area contributed by atoms with Gasteiger partial charge < -0.3 is 14.8 Å². The Balaban J connectivity index is 1.36. The zero-order valence-corrected chi connectivity index (χ0v) is 13.5. The lowest BCUT2D eigenvalue weighted by Crippen LogP contribution is -2.65. The summed E-state index contributed by atoms with van der Waals surface area (Å²) in [6, 6.07) is 3.47. The fourth-order valence-electron chi connectivity index (χ4n) is 4.10. The molecule has 1 saturated carbocycles. The van der Waals surface area contributed by atoms with E-state index in [4.69, 9.17) is 0 Å². The third kappa shape index (κ3) is 1.92. The minimum atomic E-state index is -1.69. The van der Waals surface area contributed by atoms with Crippen LogP contribution >= 0.6 is 0 Å². The summed E-state index contributed by atoms with van der Waals surface area (Å²) in [5, 5.41) is 0.328. The molecular formula is C18H17F2N3O2. The first-order chi connectivity index (χ1) is 12.0. The van der Waals surface area contributed by atoms with Gasteiger partial charge in [0.2, 0.25) is 0 Å². The Morgan fingerprint density at radius 1 is 1.28 bits per heavy atom. The van der Waals surface area contributed by atoms with Gasteiger partial charge in [-0.05, 0) is 30.9 Å². The Bertz CT molecular complexity index is 912. The molecule has 2 amide bonds. The minimum absolute atomic E-state index is 0.135. The number of benzene rings is 1. The molecule has 3 aliphatic rings. The van der Waals surface area contributed by atoms with E-state index in [0.29, 0.717) is 48.9 Å². The van der Waals surface area contributed by atoms with Crippen LogP contribution in [0.4, 0.5) is 8.78 Å². The molecule has 5 rings (SSSR count). The number of halogens is 2. The number of nitrogens with one attached hydrogen (secondary N) is 1. The molecule has 1 aliphatic carbocycles. The highest BCUT2D eigenvalue weighted by Crippen LogP contribution is 2.40. The summed E-state index contributed by atoms with van der Waals surface area (Å²) in [6.45, 7) is 1.11. The molecule has 0 atom stereocenters. The Morgan fingerprint density at radius 2 is 2.04 bits per heavy atom. The number of amides is 2. The van der Waals surface area contributed by atoms with Crippen LogP contribution in [0.25, 0.3) is 10.9 Å². The maximum Gasteiger partial charge on any atom is 0.260 e. The first kappa shape index (κ1) is 14.9. The maximum atomic E-state index is 14.2. The van der Waals surface area contributed by atoms with Crippen molar-refractivity contribution < 1.29 is 18.4 Å². The number of alkyl halides is 1. The Labute approximate surface area is 142 Å². The van der Waals surface area contributed by atoms with Crippen molar-refractivity contribution in [1.29, 1.82) is 0 Å². The van der Waals surface area contributed by atoms with Gasteiger partial charge in [0.15, 0.2) is 5.67 Å². The molecule has 0 unspecified atom stereocenters. The predicted octanol–water partition coefficient (Wildman–Crippen LogP) is 2.37. The van der Waals surface area contributed by atoms with Crippen LogP contribution in [0.1, 0.15) is 35.2 Å². The van der Waals surface area contributed by atoms with E-state index < -0.39 is 17.4 Å². The highest BCUT2D eigenvalue weighted by atomic mass is 19.1. The van der Waals surface area contributed by atoms with Crippen molar-refractivity contribution >= 4 is 22.7 Å². The fraction of sp³-hybridized carbons (Fsp3) is 0.444. The number of carbonyl (C=O) groups excluding carboxylic acids is 2. The summed E-state index contributed by atoms with van der Waals surface area (Å²) in [7, 11) is 0. The van der Waals surface area contributed by atoms with Gasteiger partial charge in [-0.3, -0.25) is 9.59 Å². The Kier molecular flexibility index (Phi) is 2.86. The van der Waals surface area contributed by atoms with Crippen LogP contribution in [0.5, 0.6) is 0 Å². The van der Waals surface area contributed by atoms with E-state index in [1.54, 1.807) is 11.0 Å². The molecular weight excluding hydrogens is 328 g/mol. The fourth-order valence-corrected chi connectivity index (χ4v) is 4.10. The van der Waals surface area contributed by atoms with Crippen molar-refractivity contribution in [2.75, 3.05) is 13.1 Å². The number of H-pyrrole nitrogens is 1. The third-order valence-electron chi connectivity index (χ3n) is 5.82. The van der Waals surface area contributed by atoms with Crippen LogP contribution in [0.2, 0.25) is 0 Å². The average molecular weight is 345 g/mol. The van der Waals surface area contributed by atoms with E-state index >= 15 is 0 Å². The van der Waals surface area contributed by atoms with Gasteiger partial charge in [-0.2, -0.15) is 0 Å². The molecule has 1 aromatic carbocycles. The second-order valence-electron chi connectivity index (χ2n) is 7.27. The molecule has 1 aromatic heterocycles. The highest BCUT2D eigenvalue weighted by molar-refractivity contribution is 6.10. The molecule has 0 bridgehead atoms. The van der Waals surface area contributed by atoms with E-state index in [-0.39, 0.29) is 11.9 Å². The minimum Gasteiger partial charge on any atom is -0.359 e. The molecule has 0 radical (unpaired) electrons. The maximum absolute atomic E-state index is 14.2. The SMILES string of the molecule is O=C1c2c(ccc3[nH]cc(F)c23)CN1C1CN(C(=O)C2(F)CCC2)C1. The van der Waals surface area contributed by atoms with E-state index in [1.807, 2.05) is 6.07 Å². The van der Waals surface area contributed by atoms with Gasteiger partial charge in [0.1, 0.15) is 5.82 Å². The van der Waals surface area contributed by atoms with E-state index in [2.05, 4.69) is 4.98 Å². The zero-order valence-electron chi connectivity index (χ0n) is 13.5. The smallest absolute Gasteiger partial charge is 0.260 e. The number of rotatable bonds is 2. The van der Waals surface area contributed by atoms with Crippen LogP contribution in [-0.2, 0) is 11.3 Å². The number of hydrogen-bond donors (Lipinski definition) is 1. The Morgan fingerprint density at radius 3 is 2.72 bits per heavy atom. The number of aromatic nitrogens is 1. The van der Waals surface area contributed by atoms with Crippen LogP contribution in [0.15, 0.2) is 18.3 Å². The summed E-state index contributed by atoms with van der Waals surface area (Å²) >= 11 is 0. The monoisotopic (exact) mass is 345 g/mol. The topological polar surface area (TPSA) is 56.4 Å². The number of fused-ring (bicyclic) bond motifs is 3. The van der Waals surface area contributed by atoms with Crippen LogP contribution in [0, 0.1) is 5.82 Å². The van der Waals surface area contributed by atoms with Crippen molar-refractivity contribution in [2.45, 2.75) is 37.5 Å². The average Bonchev–Trinajstić information content (AvgIpc) is 3.05. The van der Waals surface area contributed by atoms with Crippen LogP contribution in [0.3, 0.4) is 0 Å². The molecule has 3 heterocycles. The van der Waals surface area contributed by atoms with Crippen LogP contribution in [-0.4, -0.2) is 51.4 Å². The number of nitrogens with zero attached hydrogens (tertiary/aromatic N) is 2. The van der Waals surface area contributed by atoms with Crippen molar-refractivity contribution in [3.8, 4) is 0 Å². The molecule has 7 heteroatoms. The first-order valence-corrected chi connectivity index (χ1v) is 8.56.